The molecule has 2 unspecified atom stereocenters. The summed E-state index contributed by atoms with van der Waals surface area (Å²) in [4.78, 5) is 21.8. The molecule has 1 N–H and O–H groups in total. The summed E-state index contributed by atoms with van der Waals surface area (Å²) in [5.41, 5.74) is 0.209. The number of phosphoric ester groups is 1. The highest BCUT2D eigenvalue weighted by Crippen LogP contribution is 2.44. The third-order valence-electron chi connectivity index (χ3n) is 4.20. The van der Waals surface area contributed by atoms with Crippen LogP contribution in [-0.2, 0) is 23.1 Å². The lowest BCUT2D eigenvalue weighted by Crippen LogP contribution is -2.37. The average Bonchev–Trinajstić information content (AvgIpc) is 2.68. The number of ether oxygens (including phenoxy) is 2. The Hall–Kier alpha value is -2.22. The number of phosphoric acid groups is 1. The van der Waals surface area contributed by atoms with Crippen LogP contribution in [-0.4, -0.2) is 69.0 Å². The monoisotopic (exact) mass is 452 g/mol. The van der Waals surface area contributed by atoms with Crippen LogP contribution in [0.2, 0.25) is 0 Å². The zero-order valence-electron chi connectivity index (χ0n) is 18.4. The molecule has 0 heterocycles. The van der Waals surface area contributed by atoms with Gasteiger partial charge in [0, 0.05) is 5.57 Å². The summed E-state index contributed by atoms with van der Waals surface area (Å²) in [5, 5.41) is 2.05. The van der Waals surface area contributed by atoms with E-state index < -0.39 is 19.9 Å². The van der Waals surface area contributed by atoms with E-state index in [0.717, 1.165) is 10.8 Å². The van der Waals surface area contributed by atoms with Crippen molar-refractivity contribution in [1.29, 1.82) is 0 Å². The van der Waals surface area contributed by atoms with Crippen molar-refractivity contribution in [3.63, 3.8) is 0 Å². The van der Waals surface area contributed by atoms with E-state index in [2.05, 4.69) is 6.58 Å². The lowest BCUT2D eigenvalue weighted by Gasteiger charge is -2.25. The standard InChI is InChI=1S/C22H30NO7P/c1-17(2)22(24)28-16-21(30-31(25,26)29-13-12-23(3,4)5)15-27-20-11-10-18-8-6-7-9-19(18)14-20/h6-11,14,21H,1,12-13,15-16H2,2-5H3/p+1. The third-order valence-corrected chi connectivity index (χ3v) is 5.28. The Morgan fingerprint density at radius 1 is 1.13 bits per heavy atom. The second-order valence-corrected chi connectivity index (χ2v) is 9.65. The predicted octanol–water partition coefficient (Wildman–Crippen LogP) is 3.55. The molecule has 8 nitrogen and oxygen atoms in total. The molecule has 0 radical (unpaired) electrons. The first-order valence-corrected chi connectivity index (χ1v) is 11.4. The molecule has 0 aromatic heterocycles. The van der Waals surface area contributed by atoms with Crippen LogP contribution in [0.15, 0.2) is 54.6 Å². The lowest BCUT2D eigenvalue weighted by atomic mass is 10.1. The van der Waals surface area contributed by atoms with E-state index >= 15 is 0 Å². The van der Waals surface area contributed by atoms with Crippen LogP contribution in [0.25, 0.3) is 10.8 Å². The van der Waals surface area contributed by atoms with E-state index in [1.54, 1.807) is 6.07 Å². The van der Waals surface area contributed by atoms with Crippen LogP contribution < -0.4 is 4.74 Å². The van der Waals surface area contributed by atoms with Gasteiger partial charge in [0.25, 0.3) is 0 Å². The molecule has 0 aliphatic heterocycles. The quantitative estimate of drug-likeness (QED) is 0.228. The number of hydrogen-bond donors (Lipinski definition) is 1. The van der Waals surface area contributed by atoms with Crippen molar-refractivity contribution in [1.82, 2.24) is 0 Å². The topological polar surface area (TPSA) is 91.3 Å². The van der Waals surface area contributed by atoms with E-state index in [1.165, 1.54) is 6.92 Å². The van der Waals surface area contributed by atoms with Crippen LogP contribution in [0.4, 0.5) is 0 Å². The highest BCUT2D eigenvalue weighted by Gasteiger charge is 2.29. The van der Waals surface area contributed by atoms with E-state index in [4.69, 9.17) is 18.5 Å². The fourth-order valence-electron chi connectivity index (χ4n) is 2.50. The van der Waals surface area contributed by atoms with Gasteiger partial charge in [0.1, 0.15) is 38.2 Å². The highest BCUT2D eigenvalue weighted by atomic mass is 31.2. The Morgan fingerprint density at radius 2 is 1.81 bits per heavy atom. The van der Waals surface area contributed by atoms with Crippen LogP contribution in [0.1, 0.15) is 6.92 Å². The number of benzene rings is 2. The minimum Gasteiger partial charge on any atom is -0.491 e. The maximum Gasteiger partial charge on any atom is 0.472 e. The summed E-state index contributed by atoms with van der Waals surface area (Å²) < 4.78 is 34.1. The number of fused-ring (bicyclic) bond motifs is 1. The first-order chi connectivity index (χ1) is 14.5. The second kappa shape index (κ2) is 10.9. The molecule has 0 spiro atoms. The van der Waals surface area contributed by atoms with E-state index in [-0.39, 0.29) is 25.4 Å². The maximum absolute atomic E-state index is 12.4. The molecule has 31 heavy (non-hydrogen) atoms. The summed E-state index contributed by atoms with van der Waals surface area (Å²) >= 11 is 0. The van der Waals surface area contributed by atoms with Gasteiger partial charge in [-0.3, -0.25) is 9.05 Å². The van der Waals surface area contributed by atoms with Gasteiger partial charge in [-0.05, 0) is 29.8 Å². The van der Waals surface area contributed by atoms with Gasteiger partial charge in [0.2, 0.25) is 0 Å². The van der Waals surface area contributed by atoms with Gasteiger partial charge in [0.05, 0.1) is 21.1 Å². The number of carbonyl (C=O) groups is 1. The largest absolute Gasteiger partial charge is 0.491 e. The SMILES string of the molecule is C=C(C)C(=O)OCC(COc1ccc2ccccc2c1)OP(=O)(O)OCC[N+](C)(C)C. The number of carbonyl (C=O) groups excluding carboxylic acids is 1. The summed E-state index contributed by atoms with van der Waals surface area (Å²) in [6.07, 6.45) is -1.02. The van der Waals surface area contributed by atoms with Crippen LogP contribution in [0, 0.1) is 0 Å². The summed E-state index contributed by atoms with van der Waals surface area (Å²) in [6.45, 7) is 5.16. The molecule has 170 valence electrons. The molecular weight excluding hydrogens is 421 g/mol. The van der Waals surface area contributed by atoms with Crippen molar-refractivity contribution in [2.45, 2.75) is 13.0 Å². The zero-order valence-corrected chi connectivity index (χ0v) is 19.3. The van der Waals surface area contributed by atoms with Crippen molar-refractivity contribution in [2.24, 2.45) is 0 Å². The fraction of sp³-hybridized carbons (Fsp3) is 0.409. The second-order valence-electron chi connectivity index (χ2n) is 8.24. The summed E-state index contributed by atoms with van der Waals surface area (Å²) in [5.74, 6) is -0.0738. The zero-order chi connectivity index (χ0) is 23.1. The first-order valence-electron chi connectivity index (χ1n) is 9.86. The molecule has 0 aliphatic carbocycles. The van der Waals surface area contributed by atoms with Gasteiger partial charge in [-0.15, -0.1) is 0 Å². The Bertz CT molecular complexity index is 954. The summed E-state index contributed by atoms with van der Waals surface area (Å²) in [7, 11) is 1.42. The van der Waals surface area contributed by atoms with Crippen LogP contribution >= 0.6 is 7.82 Å². The molecule has 2 aromatic carbocycles. The average molecular weight is 452 g/mol. The van der Waals surface area contributed by atoms with E-state index in [9.17, 15) is 14.3 Å². The van der Waals surface area contributed by atoms with Gasteiger partial charge in [-0.25, -0.2) is 9.36 Å². The minimum atomic E-state index is -4.38. The van der Waals surface area contributed by atoms with Gasteiger partial charge in [-0.1, -0.05) is 36.9 Å². The molecular formula is C22H31NO7P+. The first kappa shape index (κ1) is 25.0. The number of nitrogens with zero attached hydrogens (tertiary/aromatic N) is 1. The van der Waals surface area contributed by atoms with Crippen molar-refractivity contribution in [3.8, 4) is 5.75 Å². The van der Waals surface area contributed by atoms with Gasteiger partial charge < -0.3 is 18.9 Å². The Morgan fingerprint density at radius 3 is 2.45 bits per heavy atom. The molecule has 0 saturated heterocycles. The van der Waals surface area contributed by atoms with Crippen molar-refractivity contribution in [3.05, 3.63) is 54.6 Å². The Balaban J connectivity index is 2.03. The van der Waals surface area contributed by atoms with Crippen LogP contribution in [0.3, 0.4) is 0 Å². The maximum atomic E-state index is 12.4. The Kier molecular flexibility index (Phi) is 8.79. The molecule has 0 fully saturated rings. The van der Waals surface area contributed by atoms with Gasteiger partial charge >= 0.3 is 13.8 Å². The third kappa shape index (κ3) is 9.21. The number of hydrogen-bond acceptors (Lipinski definition) is 6. The van der Waals surface area contributed by atoms with Gasteiger partial charge in [0.15, 0.2) is 0 Å². The van der Waals surface area contributed by atoms with Gasteiger partial charge in [-0.2, -0.15) is 0 Å². The van der Waals surface area contributed by atoms with Crippen LogP contribution in [0.5, 0.6) is 5.75 Å². The lowest BCUT2D eigenvalue weighted by molar-refractivity contribution is -0.870. The number of rotatable bonds is 12. The predicted molar refractivity (Wildman–Crippen MR) is 119 cm³/mol. The molecule has 2 aromatic rings. The molecule has 2 rings (SSSR count). The summed E-state index contributed by atoms with van der Waals surface area (Å²) in [6, 6.07) is 13.3. The molecule has 0 aliphatic rings. The van der Waals surface area contributed by atoms with Crippen molar-refractivity contribution >= 4 is 24.6 Å². The van der Waals surface area contributed by atoms with Crippen molar-refractivity contribution in [2.75, 3.05) is 47.5 Å². The molecule has 2 atom stereocenters. The van der Waals surface area contributed by atoms with Crippen molar-refractivity contribution < 1.29 is 37.3 Å². The number of esters is 1. The van der Waals surface area contributed by atoms with E-state index in [0.29, 0.717) is 16.8 Å². The minimum absolute atomic E-state index is 0.0289. The smallest absolute Gasteiger partial charge is 0.472 e. The molecule has 9 heteroatoms. The molecule has 0 saturated carbocycles. The molecule has 0 amide bonds. The normalized spacial score (nSPS) is 14.6. The number of quaternary nitrogens is 1. The molecule has 0 bridgehead atoms. The fourth-order valence-corrected chi connectivity index (χ4v) is 3.37. The number of likely N-dealkylation sites (N-methyl/N-ethyl adjacent to an activating group) is 1. The Labute approximate surface area is 183 Å². The van der Waals surface area contributed by atoms with E-state index in [1.807, 2.05) is 57.5 Å². The highest BCUT2D eigenvalue weighted by molar-refractivity contribution is 7.47.